The third-order valence-electron chi connectivity index (χ3n) is 4.29. The number of rotatable bonds is 6. The highest BCUT2D eigenvalue weighted by Gasteiger charge is 2.17. The van der Waals surface area contributed by atoms with Crippen LogP contribution in [0.4, 0.5) is 14.5 Å². The predicted octanol–water partition coefficient (Wildman–Crippen LogP) is 1.70. The fourth-order valence-electron chi connectivity index (χ4n) is 2.85. The van der Waals surface area contributed by atoms with Crippen LogP contribution in [0.2, 0.25) is 0 Å². The molecule has 1 N–H and O–H groups in total. The molecule has 0 spiro atoms. The zero-order valence-corrected chi connectivity index (χ0v) is 16.8. The fraction of sp³-hybridized carbons (Fsp3) is 0.200. The third kappa shape index (κ3) is 4.44. The van der Waals surface area contributed by atoms with Crippen LogP contribution in [0.25, 0.3) is 5.69 Å². The van der Waals surface area contributed by atoms with Gasteiger partial charge in [0, 0.05) is 6.92 Å². The highest BCUT2D eigenvalue weighted by molar-refractivity contribution is 5.89. The molecule has 11 heteroatoms. The number of nitrogens with zero attached hydrogens (tertiary/aromatic N) is 3. The molecule has 1 heterocycles. The van der Waals surface area contributed by atoms with E-state index in [4.69, 9.17) is 9.47 Å². The number of nitrogens with one attached hydrogen (secondary N) is 1. The summed E-state index contributed by atoms with van der Waals surface area (Å²) in [6, 6.07) is 7.47. The number of carbonyl (C=O) groups excluding carboxylic acids is 1. The molecular formula is C20H18F2N4O5. The van der Waals surface area contributed by atoms with Crippen molar-refractivity contribution in [3.05, 3.63) is 74.4 Å². The summed E-state index contributed by atoms with van der Waals surface area (Å²) in [6.07, 6.45) is 0. The molecule has 0 unspecified atom stereocenters. The van der Waals surface area contributed by atoms with Gasteiger partial charge in [-0.1, -0.05) is 6.07 Å². The molecule has 0 atom stereocenters. The number of ether oxygens (including phenoxy) is 2. The number of halogens is 2. The molecule has 1 aromatic heterocycles. The second kappa shape index (κ2) is 8.78. The van der Waals surface area contributed by atoms with Crippen LogP contribution in [0.3, 0.4) is 0 Å². The van der Waals surface area contributed by atoms with E-state index in [1.54, 1.807) is 0 Å². The average molecular weight is 432 g/mol. The van der Waals surface area contributed by atoms with Crippen molar-refractivity contribution in [3.8, 4) is 17.3 Å². The molecule has 0 aliphatic rings. The number of anilines is 1. The molecule has 9 nitrogen and oxygen atoms in total. The van der Waals surface area contributed by atoms with E-state index >= 15 is 0 Å². The lowest BCUT2D eigenvalue weighted by atomic mass is 10.2. The van der Waals surface area contributed by atoms with E-state index < -0.39 is 34.7 Å². The first kappa shape index (κ1) is 21.7. The van der Waals surface area contributed by atoms with Crippen molar-refractivity contribution in [3.63, 3.8) is 0 Å². The zero-order valence-electron chi connectivity index (χ0n) is 16.8. The number of amides is 1. The summed E-state index contributed by atoms with van der Waals surface area (Å²) in [7, 11) is 2.51. The molecule has 0 fully saturated rings. The molecule has 3 aromatic rings. The maximum absolute atomic E-state index is 14.0. The second-order valence-electron chi connectivity index (χ2n) is 6.41. The van der Waals surface area contributed by atoms with Crippen LogP contribution in [0.15, 0.2) is 46.0 Å². The minimum atomic E-state index is -0.873. The molecule has 0 saturated carbocycles. The van der Waals surface area contributed by atoms with Crippen LogP contribution < -0.4 is 26.0 Å². The Morgan fingerprint density at radius 3 is 2.42 bits per heavy atom. The Morgan fingerprint density at radius 1 is 1.06 bits per heavy atom. The van der Waals surface area contributed by atoms with E-state index in [9.17, 15) is 23.2 Å². The van der Waals surface area contributed by atoms with Gasteiger partial charge in [-0.3, -0.25) is 9.59 Å². The minimum absolute atomic E-state index is 0.0117. The molecule has 162 valence electrons. The Morgan fingerprint density at radius 2 is 1.81 bits per heavy atom. The maximum Gasteiger partial charge on any atom is 0.352 e. The van der Waals surface area contributed by atoms with Crippen LogP contribution in [0.1, 0.15) is 12.5 Å². The third-order valence-corrected chi connectivity index (χ3v) is 4.29. The molecular weight excluding hydrogens is 414 g/mol. The van der Waals surface area contributed by atoms with Gasteiger partial charge < -0.3 is 14.8 Å². The summed E-state index contributed by atoms with van der Waals surface area (Å²) in [5.41, 5.74) is -1.49. The molecule has 0 radical (unpaired) electrons. The summed E-state index contributed by atoms with van der Waals surface area (Å²) in [5, 5.41) is 6.18. The minimum Gasteiger partial charge on any atom is -0.494 e. The van der Waals surface area contributed by atoms with Gasteiger partial charge in [-0.2, -0.15) is 4.68 Å². The van der Waals surface area contributed by atoms with E-state index in [0.717, 1.165) is 21.4 Å². The largest absolute Gasteiger partial charge is 0.494 e. The van der Waals surface area contributed by atoms with Crippen molar-refractivity contribution >= 4 is 11.6 Å². The van der Waals surface area contributed by atoms with Crippen LogP contribution >= 0.6 is 0 Å². The Bertz CT molecular complexity index is 1270. The van der Waals surface area contributed by atoms with E-state index in [1.807, 2.05) is 0 Å². The van der Waals surface area contributed by atoms with E-state index in [1.165, 1.54) is 45.4 Å². The molecule has 0 bridgehead atoms. The summed E-state index contributed by atoms with van der Waals surface area (Å²) in [6.45, 7) is 0.922. The molecule has 1 amide bonds. The predicted molar refractivity (Wildman–Crippen MR) is 107 cm³/mol. The number of hydrogen-bond donors (Lipinski definition) is 1. The summed E-state index contributed by atoms with van der Waals surface area (Å²) < 4.78 is 39.5. The van der Waals surface area contributed by atoms with Gasteiger partial charge in [0.1, 0.15) is 5.82 Å². The first-order valence-corrected chi connectivity index (χ1v) is 8.93. The summed E-state index contributed by atoms with van der Waals surface area (Å²) >= 11 is 0. The van der Waals surface area contributed by atoms with E-state index in [0.29, 0.717) is 5.56 Å². The maximum atomic E-state index is 14.0. The lowest BCUT2D eigenvalue weighted by Gasteiger charge is -2.13. The molecule has 0 saturated heterocycles. The number of carbonyl (C=O) groups is 1. The summed E-state index contributed by atoms with van der Waals surface area (Å²) in [5.74, 6) is -2.29. The normalized spacial score (nSPS) is 10.6. The lowest BCUT2D eigenvalue weighted by Crippen LogP contribution is -2.41. The molecule has 2 aromatic carbocycles. The van der Waals surface area contributed by atoms with Gasteiger partial charge >= 0.3 is 11.2 Å². The topological polar surface area (TPSA) is 104 Å². The highest BCUT2D eigenvalue weighted by Crippen LogP contribution is 2.19. The zero-order chi connectivity index (χ0) is 22.7. The number of benzene rings is 2. The Hall–Kier alpha value is -4.02. The van der Waals surface area contributed by atoms with Gasteiger partial charge in [0.2, 0.25) is 5.91 Å². The van der Waals surface area contributed by atoms with Gasteiger partial charge in [0.15, 0.2) is 11.6 Å². The van der Waals surface area contributed by atoms with Crippen molar-refractivity contribution in [2.24, 2.45) is 0 Å². The van der Waals surface area contributed by atoms with Crippen LogP contribution in [0.5, 0.6) is 11.6 Å². The molecule has 0 aliphatic carbocycles. The quantitative estimate of drug-likeness (QED) is 0.636. The van der Waals surface area contributed by atoms with Crippen LogP contribution in [0, 0.1) is 11.6 Å². The van der Waals surface area contributed by atoms with Gasteiger partial charge in [-0.25, -0.2) is 18.1 Å². The SMILES string of the molecule is COc1ccc(Cn2c(=O)c(OC)nn(-c3ccc(F)c(NC(C)=O)c3)c2=O)cc1F. The fourth-order valence-corrected chi connectivity index (χ4v) is 2.85. The van der Waals surface area contributed by atoms with Crippen LogP contribution in [-0.2, 0) is 11.3 Å². The summed E-state index contributed by atoms with van der Waals surface area (Å²) in [4.78, 5) is 36.9. The first-order chi connectivity index (χ1) is 14.7. The smallest absolute Gasteiger partial charge is 0.352 e. The first-order valence-electron chi connectivity index (χ1n) is 8.93. The van der Waals surface area contributed by atoms with Gasteiger partial charge in [0.25, 0.3) is 5.88 Å². The Kier molecular flexibility index (Phi) is 6.14. The molecule has 31 heavy (non-hydrogen) atoms. The van der Waals surface area contributed by atoms with Crippen LogP contribution in [-0.4, -0.2) is 34.5 Å². The monoisotopic (exact) mass is 432 g/mol. The standard InChI is InChI=1S/C20H18F2N4O5/c1-11(27)23-16-9-13(5-6-14(16)21)26-20(29)25(19(28)18(24-26)31-3)10-12-4-7-17(30-2)15(22)8-12/h4-9H,10H2,1-3H3,(H,23,27). The highest BCUT2D eigenvalue weighted by atomic mass is 19.1. The van der Waals surface area contributed by atoms with Gasteiger partial charge in [-0.05, 0) is 35.9 Å². The van der Waals surface area contributed by atoms with E-state index in [2.05, 4.69) is 10.4 Å². The number of methoxy groups -OCH3 is 2. The van der Waals surface area contributed by atoms with Gasteiger partial charge in [0.05, 0.1) is 32.1 Å². The van der Waals surface area contributed by atoms with Crippen molar-refractivity contribution in [1.29, 1.82) is 0 Å². The average Bonchev–Trinajstić information content (AvgIpc) is 2.73. The van der Waals surface area contributed by atoms with Crippen molar-refractivity contribution in [2.75, 3.05) is 19.5 Å². The van der Waals surface area contributed by atoms with Gasteiger partial charge in [-0.15, -0.1) is 5.10 Å². The van der Waals surface area contributed by atoms with E-state index in [-0.39, 0.29) is 23.7 Å². The molecule has 3 rings (SSSR count). The second-order valence-corrected chi connectivity index (χ2v) is 6.41. The van der Waals surface area contributed by atoms with Crippen molar-refractivity contribution < 1.29 is 23.0 Å². The number of aromatic nitrogens is 3. The van der Waals surface area contributed by atoms with Crippen molar-refractivity contribution in [1.82, 2.24) is 14.3 Å². The number of hydrogen-bond acceptors (Lipinski definition) is 6. The lowest BCUT2D eigenvalue weighted by molar-refractivity contribution is -0.114. The molecule has 0 aliphatic heterocycles. The van der Waals surface area contributed by atoms with Crippen molar-refractivity contribution in [2.45, 2.75) is 13.5 Å². The Labute approximate surface area is 174 Å². The Balaban J connectivity index is 2.14.